The normalized spacial score (nSPS) is 21.6. The molecule has 2 atom stereocenters. The van der Waals surface area contributed by atoms with E-state index in [1.807, 2.05) is 6.92 Å². The van der Waals surface area contributed by atoms with E-state index in [2.05, 4.69) is 0 Å². The number of hydrogen-bond donors (Lipinski definition) is 2. The predicted octanol–water partition coefficient (Wildman–Crippen LogP) is 1.23. The van der Waals surface area contributed by atoms with E-state index in [9.17, 15) is 14.7 Å². The third-order valence-corrected chi connectivity index (χ3v) is 3.41. The van der Waals surface area contributed by atoms with E-state index in [0.29, 0.717) is 18.7 Å². The Morgan fingerprint density at radius 2 is 2.00 bits per heavy atom. The number of ether oxygens (including phenoxy) is 1. The third-order valence-electron chi connectivity index (χ3n) is 3.41. The fourth-order valence-corrected chi connectivity index (χ4v) is 2.32. The lowest BCUT2D eigenvalue weighted by Gasteiger charge is -2.25. The molecule has 2 N–H and O–H groups in total. The largest absolute Gasteiger partial charge is 0.508 e. The van der Waals surface area contributed by atoms with Crippen LogP contribution in [0.2, 0.25) is 0 Å². The quantitative estimate of drug-likeness (QED) is 0.865. The maximum atomic E-state index is 12.5. The van der Waals surface area contributed by atoms with Crippen LogP contribution in [0.4, 0.5) is 5.69 Å². The Bertz CT molecular complexity index is 499. The molecule has 1 aromatic carbocycles. The Labute approximate surface area is 116 Å². The van der Waals surface area contributed by atoms with Gasteiger partial charge in [-0.05, 0) is 37.6 Å². The molecule has 1 fully saturated rings. The number of phenolic OH excluding ortho intramolecular Hbond substituents is 1. The molecule has 1 heterocycles. The van der Waals surface area contributed by atoms with E-state index in [4.69, 9.17) is 9.84 Å². The van der Waals surface area contributed by atoms with Crippen LogP contribution >= 0.6 is 0 Å². The van der Waals surface area contributed by atoms with Crippen LogP contribution in [-0.2, 0) is 14.3 Å². The van der Waals surface area contributed by atoms with Crippen LogP contribution in [0.1, 0.15) is 13.3 Å². The molecule has 6 heteroatoms. The highest BCUT2D eigenvalue weighted by Gasteiger charge is 2.35. The lowest BCUT2D eigenvalue weighted by molar-refractivity contribution is -0.137. The number of carboxylic acid groups (broad SMARTS) is 1. The molecule has 0 spiro atoms. The second-order valence-corrected chi connectivity index (χ2v) is 4.81. The number of phenols is 1. The zero-order valence-corrected chi connectivity index (χ0v) is 11.2. The number of nitrogens with zero attached hydrogens (tertiary/aromatic N) is 1. The zero-order valence-electron chi connectivity index (χ0n) is 11.2. The summed E-state index contributed by atoms with van der Waals surface area (Å²) in [6.45, 7) is 1.91. The van der Waals surface area contributed by atoms with Crippen LogP contribution in [0.5, 0.6) is 5.75 Å². The van der Waals surface area contributed by atoms with Gasteiger partial charge in [0, 0.05) is 12.3 Å². The zero-order chi connectivity index (χ0) is 14.7. The molecule has 1 aliphatic rings. The van der Waals surface area contributed by atoms with Crippen molar-refractivity contribution in [1.29, 1.82) is 0 Å². The second kappa shape index (κ2) is 5.92. The molecule has 1 aliphatic heterocycles. The molecule has 0 aromatic heterocycles. The summed E-state index contributed by atoms with van der Waals surface area (Å²) in [4.78, 5) is 24.7. The molecule has 1 saturated heterocycles. The van der Waals surface area contributed by atoms with Gasteiger partial charge in [0.25, 0.3) is 0 Å². The summed E-state index contributed by atoms with van der Waals surface area (Å²) in [5.41, 5.74) is 0.453. The molecule has 1 amide bonds. The molecule has 6 nitrogen and oxygen atoms in total. The minimum absolute atomic E-state index is 0.0639. The van der Waals surface area contributed by atoms with Crippen molar-refractivity contribution in [2.24, 2.45) is 5.92 Å². The minimum atomic E-state index is -1.09. The molecule has 0 aliphatic carbocycles. The highest BCUT2D eigenvalue weighted by atomic mass is 16.5. The van der Waals surface area contributed by atoms with Crippen LogP contribution < -0.4 is 4.90 Å². The van der Waals surface area contributed by atoms with Gasteiger partial charge in [-0.15, -0.1) is 0 Å². The SMILES string of the molecule is CC1OCCC1C(=O)N(CC(=O)O)c1ccc(O)cc1. The number of aliphatic carboxylic acids is 1. The average molecular weight is 279 g/mol. The predicted molar refractivity (Wildman–Crippen MR) is 71.6 cm³/mol. The summed E-state index contributed by atoms with van der Waals surface area (Å²) in [5, 5.41) is 18.3. The standard InChI is InChI=1S/C14H17NO5/c1-9-12(6-7-20-9)14(19)15(8-13(17)18)10-2-4-11(16)5-3-10/h2-5,9,12,16H,6-8H2,1H3,(H,17,18). The Morgan fingerprint density at radius 1 is 1.35 bits per heavy atom. The van der Waals surface area contributed by atoms with Gasteiger partial charge in [0.05, 0.1) is 12.0 Å². The molecule has 0 radical (unpaired) electrons. The monoisotopic (exact) mass is 279 g/mol. The number of carboxylic acids is 1. The topological polar surface area (TPSA) is 87.1 Å². The van der Waals surface area contributed by atoms with E-state index < -0.39 is 12.5 Å². The molecular weight excluding hydrogens is 262 g/mol. The second-order valence-electron chi connectivity index (χ2n) is 4.81. The fourth-order valence-electron chi connectivity index (χ4n) is 2.32. The average Bonchev–Trinajstić information content (AvgIpc) is 2.82. The highest BCUT2D eigenvalue weighted by Crippen LogP contribution is 2.26. The molecule has 108 valence electrons. The number of anilines is 1. The molecular formula is C14H17NO5. The number of carbonyl (C=O) groups is 2. The molecule has 2 unspecified atom stereocenters. The van der Waals surface area contributed by atoms with Crippen LogP contribution in [0.15, 0.2) is 24.3 Å². The van der Waals surface area contributed by atoms with Crippen molar-refractivity contribution < 1.29 is 24.5 Å². The van der Waals surface area contributed by atoms with Gasteiger partial charge in [0.15, 0.2) is 0 Å². The van der Waals surface area contributed by atoms with Gasteiger partial charge in [0.2, 0.25) is 5.91 Å². The maximum Gasteiger partial charge on any atom is 0.323 e. The first-order chi connectivity index (χ1) is 9.49. The van der Waals surface area contributed by atoms with Crippen molar-refractivity contribution in [1.82, 2.24) is 0 Å². The number of rotatable bonds is 4. The third kappa shape index (κ3) is 3.08. The van der Waals surface area contributed by atoms with Gasteiger partial charge < -0.3 is 19.8 Å². The van der Waals surface area contributed by atoms with E-state index in [1.165, 1.54) is 29.2 Å². The number of hydrogen-bond acceptors (Lipinski definition) is 4. The van der Waals surface area contributed by atoms with Gasteiger partial charge in [0.1, 0.15) is 12.3 Å². The summed E-state index contributed by atoms with van der Waals surface area (Å²) in [6.07, 6.45) is 0.379. The highest BCUT2D eigenvalue weighted by molar-refractivity contribution is 5.99. The summed E-state index contributed by atoms with van der Waals surface area (Å²) in [5.74, 6) is -1.61. The Balaban J connectivity index is 2.24. The van der Waals surface area contributed by atoms with Gasteiger partial charge >= 0.3 is 5.97 Å². The molecule has 0 saturated carbocycles. The number of benzene rings is 1. The van der Waals surface area contributed by atoms with Gasteiger partial charge in [-0.2, -0.15) is 0 Å². The summed E-state index contributed by atoms with van der Waals surface area (Å²) < 4.78 is 5.36. The molecule has 0 bridgehead atoms. The van der Waals surface area contributed by atoms with E-state index >= 15 is 0 Å². The van der Waals surface area contributed by atoms with Crippen molar-refractivity contribution in [3.8, 4) is 5.75 Å². The smallest absolute Gasteiger partial charge is 0.323 e. The lowest BCUT2D eigenvalue weighted by atomic mass is 10.0. The maximum absolute atomic E-state index is 12.5. The lowest BCUT2D eigenvalue weighted by Crippen LogP contribution is -2.41. The molecule has 2 rings (SSSR count). The van der Waals surface area contributed by atoms with Crippen molar-refractivity contribution in [2.75, 3.05) is 18.1 Å². The van der Waals surface area contributed by atoms with Crippen molar-refractivity contribution in [3.63, 3.8) is 0 Å². The fraction of sp³-hybridized carbons (Fsp3) is 0.429. The van der Waals surface area contributed by atoms with Gasteiger partial charge in [-0.1, -0.05) is 0 Å². The Morgan fingerprint density at radius 3 is 2.50 bits per heavy atom. The van der Waals surface area contributed by atoms with Crippen LogP contribution in [0.25, 0.3) is 0 Å². The summed E-state index contributed by atoms with van der Waals surface area (Å²) in [7, 11) is 0. The van der Waals surface area contributed by atoms with Crippen molar-refractivity contribution >= 4 is 17.6 Å². The minimum Gasteiger partial charge on any atom is -0.508 e. The first kappa shape index (κ1) is 14.3. The van der Waals surface area contributed by atoms with Gasteiger partial charge in [-0.3, -0.25) is 9.59 Å². The Hall–Kier alpha value is -2.08. The Kier molecular flexibility index (Phi) is 4.24. The van der Waals surface area contributed by atoms with Gasteiger partial charge in [-0.25, -0.2) is 0 Å². The van der Waals surface area contributed by atoms with E-state index in [1.54, 1.807) is 0 Å². The summed E-state index contributed by atoms with van der Waals surface area (Å²) >= 11 is 0. The van der Waals surface area contributed by atoms with E-state index in [-0.39, 0.29) is 23.7 Å². The molecule has 20 heavy (non-hydrogen) atoms. The number of amides is 1. The number of aromatic hydroxyl groups is 1. The van der Waals surface area contributed by atoms with Crippen LogP contribution in [-0.4, -0.2) is 41.3 Å². The van der Waals surface area contributed by atoms with Crippen molar-refractivity contribution in [2.45, 2.75) is 19.4 Å². The van der Waals surface area contributed by atoms with E-state index in [0.717, 1.165) is 0 Å². The summed E-state index contributed by atoms with van der Waals surface area (Å²) in [6, 6.07) is 5.89. The van der Waals surface area contributed by atoms with Crippen LogP contribution in [0.3, 0.4) is 0 Å². The molecule has 1 aromatic rings. The first-order valence-electron chi connectivity index (χ1n) is 6.43. The number of carbonyl (C=O) groups excluding carboxylic acids is 1. The first-order valence-corrected chi connectivity index (χ1v) is 6.43. The van der Waals surface area contributed by atoms with Crippen LogP contribution in [0, 0.1) is 5.92 Å². The van der Waals surface area contributed by atoms with Crippen molar-refractivity contribution in [3.05, 3.63) is 24.3 Å².